The molecule has 5 N–H and O–H groups in total. The number of aryl methyl sites for hydroxylation is 2. The van der Waals surface area contributed by atoms with Crippen LogP contribution in [0, 0.1) is 0 Å². The van der Waals surface area contributed by atoms with Crippen molar-refractivity contribution in [3.63, 3.8) is 0 Å². The number of pyridine rings is 2. The molecule has 0 aliphatic rings. The number of esters is 1. The number of ether oxygens (including phenoxy) is 1. The SMILES string of the molecule is COC(=O)c1ccc[n+](CCC(N)=O)c1.NC(=O)CC[n+]1cccc(C(=O)O)c1.[I-].[I-]. The first-order valence-electron chi connectivity index (χ1n) is 8.59. The summed E-state index contributed by atoms with van der Waals surface area (Å²) in [6, 6.07) is 6.47. The lowest BCUT2D eigenvalue weighted by molar-refractivity contribution is -0.696. The summed E-state index contributed by atoms with van der Waals surface area (Å²) in [5, 5.41) is 8.68. The number of aromatic carboxylic acids is 1. The summed E-state index contributed by atoms with van der Waals surface area (Å²) in [4.78, 5) is 42.8. The van der Waals surface area contributed by atoms with Gasteiger partial charge in [0.2, 0.25) is 11.8 Å². The molecule has 12 heteroatoms. The number of aromatic nitrogens is 2. The van der Waals surface area contributed by atoms with Gasteiger partial charge >= 0.3 is 11.9 Å². The molecule has 2 aromatic heterocycles. The number of nitrogens with two attached hydrogens (primary N) is 2. The first-order valence-corrected chi connectivity index (χ1v) is 8.59. The summed E-state index contributed by atoms with van der Waals surface area (Å²) < 4.78 is 7.91. The molecule has 0 spiro atoms. The quantitative estimate of drug-likeness (QED) is 0.146. The molecular formula is C19H24I2N4O6. The summed E-state index contributed by atoms with van der Waals surface area (Å²) in [7, 11) is 1.32. The molecule has 2 aromatic rings. The van der Waals surface area contributed by atoms with Crippen LogP contribution in [0.5, 0.6) is 0 Å². The number of hydrogen-bond acceptors (Lipinski definition) is 5. The molecule has 0 saturated carbocycles. The molecule has 0 bridgehead atoms. The van der Waals surface area contributed by atoms with Crippen LogP contribution in [0.3, 0.4) is 0 Å². The number of carboxylic acids is 1. The van der Waals surface area contributed by atoms with E-state index in [0.29, 0.717) is 18.7 Å². The van der Waals surface area contributed by atoms with Crippen molar-refractivity contribution in [3.05, 3.63) is 60.2 Å². The monoisotopic (exact) mass is 658 g/mol. The Balaban J connectivity index is 0. The number of rotatable bonds is 8. The predicted octanol–water partition coefficient (Wildman–Crippen LogP) is -6.81. The second-order valence-corrected chi connectivity index (χ2v) is 5.89. The summed E-state index contributed by atoms with van der Waals surface area (Å²) in [5.74, 6) is -2.16. The van der Waals surface area contributed by atoms with Gasteiger partial charge in [0.1, 0.15) is 11.1 Å². The van der Waals surface area contributed by atoms with Gasteiger partial charge in [-0.05, 0) is 12.1 Å². The normalized spacial score (nSPS) is 9.06. The number of carboxylic acid groups (broad SMARTS) is 1. The fourth-order valence-electron chi connectivity index (χ4n) is 2.17. The number of carbonyl (C=O) groups excluding carboxylic acids is 3. The molecular weight excluding hydrogens is 634 g/mol. The summed E-state index contributed by atoms with van der Waals surface area (Å²) in [6.07, 6.45) is 6.98. The minimum Gasteiger partial charge on any atom is -1.00 e. The van der Waals surface area contributed by atoms with Gasteiger partial charge in [-0.1, -0.05) is 0 Å². The van der Waals surface area contributed by atoms with Crippen molar-refractivity contribution in [2.24, 2.45) is 11.5 Å². The molecule has 0 radical (unpaired) electrons. The van der Waals surface area contributed by atoms with Gasteiger partial charge in [0.15, 0.2) is 37.9 Å². The minimum absolute atomic E-state index is 0. The van der Waals surface area contributed by atoms with Crippen molar-refractivity contribution in [2.75, 3.05) is 7.11 Å². The van der Waals surface area contributed by atoms with Crippen LogP contribution >= 0.6 is 0 Å². The van der Waals surface area contributed by atoms with Gasteiger partial charge in [-0.15, -0.1) is 0 Å². The molecule has 2 rings (SSSR count). The number of nitrogens with zero attached hydrogens (tertiary/aromatic N) is 2. The maximum Gasteiger partial charge on any atom is 0.343 e. The van der Waals surface area contributed by atoms with E-state index in [1.807, 2.05) is 0 Å². The zero-order valence-electron chi connectivity index (χ0n) is 16.7. The average Bonchev–Trinajstić information content (AvgIpc) is 2.71. The van der Waals surface area contributed by atoms with E-state index in [1.54, 1.807) is 45.9 Å². The Hall–Kier alpha value is -2.36. The smallest absolute Gasteiger partial charge is 0.343 e. The van der Waals surface area contributed by atoms with Gasteiger partial charge in [-0.25, -0.2) is 18.7 Å². The van der Waals surface area contributed by atoms with Crippen LogP contribution in [-0.2, 0) is 27.4 Å². The van der Waals surface area contributed by atoms with Gasteiger partial charge in [-0.2, -0.15) is 0 Å². The van der Waals surface area contributed by atoms with E-state index in [9.17, 15) is 19.2 Å². The van der Waals surface area contributed by atoms with Crippen molar-refractivity contribution < 1.29 is 86.1 Å². The molecule has 170 valence electrons. The van der Waals surface area contributed by atoms with E-state index >= 15 is 0 Å². The molecule has 31 heavy (non-hydrogen) atoms. The van der Waals surface area contributed by atoms with E-state index < -0.39 is 17.8 Å². The Bertz CT molecular complexity index is 895. The molecule has 0 unspecified atom stereocenters. The molecule has 2 heterocycles. The first-order chi connectivity index (χ1) is 13.7. The molecule has 0 aliphatic heterocycles. The third kappa shape index (κ3) is 12.8. The van der Waals surface area contributed by atoms with Crippen molar-refractivity contribution in [1.82, 2.24) is 0 Å². The summed E-state index contributed by atoms with van der Waals surface area (Å²) in [5.41, 5.74) is 10.6. The molecule has 0 atom stereocenters. The number of hydrogen-bond donors (Lipinski definition) is 3. The second kappa shape index (κ2) is 16.3. The fraction of sp³-hybridized carbons (Fsp3) is 0.263. The molecule has 10 nitrogen and oxygen atoms in total. The minimum atomic E-state index is -0.988. The Morgan fingerprint density at radius 3 is 1.68 bits per heavy atom. The molecule has 0 fully saturated rings. The predicted molar refractivity (Wildman–Crippen MR) is 99.2 cm³/mol. The zero-order valence-corrected chi connectivity index (χ0v) is 21.1. The number of carbonyl (C=O) groups is 4. The Labute approximate surface area is 213 Å². The average molecular weight is 658 g/mol. The lowest BCUT2D eigenvalue weighted by atomic mass is 10.3. The zero-order chi connectivity index (χ0) is 21.8. The van der Waals surface area contributed by atoms with Crippen LogP contribution < -0.4 is 68.6 Å². The van der Waals surface area contributed by atoms with Crippen molar-refractivity contribution in [2.45, 2.75) is 25.9 Å². The molecule has 0 aromatic carbocycles. The van der Waals surface area contributed by atoms with Crippen LogP contribution in [-0.4, -0.2) is 36.0 Å². The van der Waals surface area contributed by atoms with Gasteiger partial charge in [-0.3, -0.25) is 9.59 Å². The van der Waals surface area contributed by atoms with Crippen LogP contribution in [0.15, 0.2) is 49.1 Å². The van der Waals surface area contributed by atoms with Crippen LogP contribution in [0.1, 0.15) is 33.6 Å². The lowest BCUT2D eigenvalue weighted by Crippen LogP contribution is -3.00. The summed E-state index contributed by atoms with van der Waals surface area (Å²) in [6.45, 7) is 0.858. The summed E-state index contributed by atoms with van der Waals surface area (Å²) >= 11 is 0. The maximum atomic E-state index is 11.2. The first kappa shape index (κ1) is 30.8. The third-order valence-corrected chi connectivity index (χ3v) is 3.62. The van der Waals surface area contributed by atoms with Gasteiger partial charge in [0.25, 0.3) is 0 Å². The topological polar surface area (TPSA) is 158 Å². The highest BCUT2D eigenvalue weighted by Crippen LogP contribution is 1.97. The highest BCUT2D eigenvalue weighted by atomic mass is 127. The Morgan fingerprint density at radius 1 is 0.871 bits per heavy atom. The van der Waals surface area contributed by atoms with Crippen molar-refractivity contribution >= 4 is 23.8 Å². The Kier molecular flexibility index (Phi) is 16.3. The number of primary amides is 2. The van der Waals surface area contributed by atoms with E-state index in [0.717, 1.165) is 0 Å². The van der Waals surface area contributed by atoms with Gasteiger partial charge in [0, 0.05) is 12.1 Å². The second-order valence-electron chi connectivity index (χ2n) is 5.89. The number of methoxy groups -OCH3 is 1. The maximum absolute atomic E-state index is 11.2. The van der Waals surface area contributed by atoms with Gasteiger partial charge < -0.3 is 69.3 Å². The van der Waals surface area contributed by atoms with E-state index in [-0.39, 0.29) is 72.3 Å². The van der Waals surface area contributed by atoms with E-state index in [2.05, 4.69) is 4.74 Å². The standard InChI is InChI=1S/C10H12N2O3.C9H10N2O3.2HI/c1-15-10(14)8-3-2-5-12(7-8)6-4-9(11)13;10-8(12)3-5-11-4-1-2-7(6-11)9(13)14;;/h2-3,5,7H,4,6H2,1H3,(H-,11,13);1-2,4,6H,3,5H2,(H2-,10,12,13,14);2*1H. The van der Waals surface area contributed by atoms with Crippen molar-refractivity contribution in [3.8, 4) is 0 Å². The van der Waals surface area contributed by atoms with Gasteiger partial charge in [0.05, 0.1) is 20.0 Å². The van der Waals surface area contributed by atoms with E-state index in [4.69, 9.17) is 16.6 Å². The largest absolute Gasteiger partial charge is 1.00 e. The third-order valence-electron chi connectivity index (χ3n) is 3.62. The molecule has 0 aliphatic carbocycles. The molecule has 2 amide bonds. The Morgan fingerprint density at radius 2 is 1.29 bits per heavy atom. The van der Waals surface area contributed by atoms with Crippen LogP contribution in [0.4, 0.5) is 0 Å². The molecule has 0 saturated heterocycles. The van der Waals surface area contributed by atoms with Crippen LogP contribution in [0.2, 0.25) is 0 Å². The highest BCUT2D eigenvalue weighted by Gasteiger charge is 2.11. The lowest BCUT2D eigenvalue weighted by Gasteiger charge is -1.98. The number of halogens is 2. The highest BCUT2D eigenvalue weighted by molar-refractivity contribution is 5.88. The van der Waals surface area contributed by atoms with E-state index in [1.165, 1.54) is 19.4 Å². The fourth-order valence-corrected chi connectivity index (χ4v) is 2.17. The number of amides is 2. The van der Waals surface area contributed by atoms with Crippen LogP contribution in [0.25, 0.3) is 0 Å². The van der Waals surface area contributed by atoms with Crippen molar-refractivity contribution in [1.29, 1.82) is 0 Å².